The number of hydrogen-bond donors (Lipinski definition) is 1. The molecule has 0 aliphatic rings. The fourth-order valence-corrected chi connectivity index (χ4v) is 3.25. The van der Waals surface area contributed by atoms with Gasteiger partial charge in [-0.2, -0.15) is 5.10 Å². The largest absolute Gasteiger partial charge is 0.326 e. The Morgan fingerprint density at radius 3 is 2.63 bits per heavy atom. The number of nitrogens with one attached hydrogen (secondary N) is 1. The third kappa shape index (κ3) is 3.84. The first-order valence-corrected chi connectivity index (χ1v) is 9.50. The molecule has 0 saturated carbocycles. The van der Waals surface area contributed by atoms with E-state index in [1.807, 2.05) is 31.2 Å². The van der Waals surface area contributed by atoms with Crippen LogP contribution in [0.3, 0.4) is 0 Å². The quantitative estimate of drug-likeness (QED) is 0.552. The summed E-state index contributed by atoms with van der Waals surface area (Å²) < 4.78 is 16.3. The molecule has 4 rings (SSSR count). The van der Waals surface area contributed by atoms with Crippen molar-refractivity contribution >= 4 is 22.6 Å². The number of hydrogen-bond acceptors (Lipinski definition) is 4. The smallest absolute Gasteiger partial charge is 0.264 e. The van der Waals surface area contributed by atoms with Crippen molar-refractivity contribution in [3.8, 4) is 5.69 Å². The van der Waals surface area contributed by atoms with Crippen molar-refractivity contribution in [2.45, 2.75) is 26.8 Å². The summed E-state index contributed by atoms with van der Waals surface area (Å²) in [6.07, 6.45) is 1.55. The summed E-state index contributed by atoms with van der Waals surface area (Å²) in [7, 11) is 0. The van der Waals surface area contributed by atoms with Crippen LogP contribution in [0.15, 0.2) is 59.5 Å². The lowest BCUT2D eigenvalue weighted by atomic mass is 10.2. The molecule has 152 valence electrons. The lowest BCUT2D eigenvalue weighted by Gasteiger charge is -2.11. The van der Waals surface area contributed by atoms with Crippen LogP contribution < -0.4 is 10.9 Å². The molecule has 0 radical (unpaired) electrons. The van der Waals surface area contributed by atoms with E-state index in [1.165, 1.54) is 29.0 Å². The standard InChI is InChI=1S/C22H20FN5O2/c1-14-6-8-18(9-7-14)28-21-19(13-24-28)22(30)27(15(2)25-21)11-10-20(29)26-17-5-3-4-16(23)12-17/h3-9,12-13H,10-11H2,1-2H3,(H,26,29). The Hall–Kier alpha value is -3.81. The van der Waals surface area contributed by atoms with Crippen LogP contribution in [-0.2, 0) is 11.3 Å². The van der Waals surface area contributed by atoms with E-state index in [1.54, 1.807) is 17.7 Å². The average Bonchev–Trinajstić information content (AvgIpc) is 3.12. The first-order valence-electron chi connectivity index (χ1n) is 9.50. The van der Waals surface area contributed by atoms with Gasteiger partial charge in [0, 0.05) is 18.7 Å². The molecule has 2 aromatic heterocycles. The van der Waals surface area contributed by atoms with Crippen molar-refractivity contribution in [3.63, 3.8) is 0 Å². The predicted octanol–water partition coefficient (Wildman–Crippen LogP) is 3.37. The van der Waals surface area contributed by atoms with Crippen LogP contribution in [0.25, 0.3) is 16.7 Å². The van der Waals surface area contributed by atoms with Gasteiger partial charge in [0.2, 0.25) is 5.91 Å². The Morgan fingerprint density at radius 2 is 1.90 bits per heavy atom. The maximum atomic E-state index is 13.3. The molecule has 0 saturated heterocycles. The number of halogens is 1. The van der Waals surface area contributed by atoms with Gasteiger partial charge in [-0.3, -0.25) is 14.2 Å². The van der Waals surface area contributed by atoms with Gasteiger partial charge in [-0.05, 0) is 44.2 Å². The molecule has 8 heteroatoms. The molecule has 0 spiro atoms. The zero-order chi connectivity index (χ0) is 21.3. The van der Waals surface area contributed by atoms with E-state index in [-0.39, 0.29) is 24.4 Å². The van der Waals surface area contributed by atoms with E-state index >= 15 is 0 Å². The van der Waals surface area contributed by atoms with Gasteiger partial charge in [0.25, 0.3) is 5.56 Å². The summed E-state index contributed by atoms with van der Waals surface area (Å²) in [5, 5.41) is 7.33. The van der Waals surface area contributed by atoms with Gasteiger partial charge in [0.15, 0.2) is 5.65 Å². The van der Waals surface area contributed by atoms with E-state index < -0.39 is 5.82 Å². The highest BCUT2D eigenvalue weighted by molar-refractivity contribution is 5.90. The highest BCUT2D eigenvalue weighted by Crippen LogP contribution is 2.15. The van der Waals surface area contributed by atoms with Crippen LogP contribution in [0.4, 0.5) is 10.1 Å². The summed E-state index contributed by atoms with van der Waals surface area (Å²) in [5.41, 5.74) is 2.53. The van der Waals surface area contributed by atoms with Crippen LogP contribution in [0.5, 0.6) is 0 Å². The van der Waals surface area contributed by atoms with Gasteiger partial charge < -0.3 is 5.32 Å². The predicted molar refractivity (Wildman–Crippen MR) is 112 cm³/mol. The number of aryl methyl sites for hydroxylation is 2. The molecule has 4 aromatic rings. The fourth-order valence-electron chi connectivity index (χ4n) is 3.25. The van der Waals surface area contributed by atoms with Crippen LogP contribution in [0.2, 0.25) is 0 Å². The molecule has 30 heavy (non-hydrogen) atoms. The molecule has 0 atom stereocenters. The van der Waals surface area contributed by atoms with Crippen molar-refractivity contribution in [3.05, 3.63) is 82.3 Å². The molecule has 0 unspecified atom stereocenters. The van der Waals surface area contributed by atoms with E-state index in [4.69, 9.17) is 0 Å². The number of anilines is 1. The summed E-state index contributed by atoms with van der Waals surface area (Å²) >= 11 is 0. The SMILES string of the molecule is Cc1ccc(-n2ncc3c(=O)n(CCC(=O)Nc4cccc(F)c4)c(C)nc32)cc1. The van der Waals surface area contributed by atoms with Crippen molar-refractivity contribution in [1.82, 2.24) is 19.3 Å². The summed E-state index contributed by atoms with van der Waals surface area (Å²) in [5.74, 6) is -0.262. The van der Waals surface area contributed by atoms with Gasteiger partial charge in [0.1, 0.15) is 17.0 Å². The topological polar surface area (TPSA) is 81.8 Å². The van der Waals surface area contributed by atoms with Gasteiger partial charge >= 0.3 is 0 Å². The van der Waals surface area contributed by atoms with Crippen LogP contribution in [0.1, 0.15) is 17.8 Å². The molecule has 7 nitrogen and oxygen atoms in total. The molecule has 0 bridgehead atoms. The Kier molecular flexibility index (Phi) is 5.14. The first-order chi connectivity index (χ1) is 14.4. The number of rotatable bonds is 5. The van der Waals surface area contributed by atoms with Crippen LogP contribution >= 0.6 is 0 Å². The first kappa shape index (κ1) is 19.5. The van der Waals surface area contributed by atoms with Crippen LogP contribution in [-0.4, -0.2) is 25.2 Å². The number of aromatic nitrogens is 4. The molecule has 1 N–H and O–H groups in total. The van der Waals surface area contributed by atoms with Gasteiger partial charge in [-0.15, -0.1) is 0 Å². The zero-order valence-corrected chi connectivity index (χ0v) is 16.6. The lowest BCUT2D eigenvalue weighted by molar-refractivity contribution is -0.116. The Morgan fingerprint density at radius 1 is 1.13 bits per heavy atom. The molecule has 2 heterocycles. The monoisotopic (exact) mass is 405 g/mol. The van der Waals surface area contributed by atoms with E-state index in [0.717, 1.165) is 11.3 Å². The van der Waals surface area contributed by atoms with Gasteiger partial charge in [-0.1, -0.05) is 23.8 Å². The minimum atomic E-state index is -0.430. The number of carbonyl (C=O) groups excluding carboxylic acids is 1. The normalized spacial score (nSPS) is 11.0. The molecule has 2 aromatic carbocycles. The molecule has 1 amide bonds. The Balaban J connectivity index is 1.57. The number of nitrogens with zero attached hydrogens (tertiary/aromatic N) is 4. The van der Waals surface area contributed by atoms with Crippen molar-refractivity contribution in [2.24, 2.45) is 0 Å². The highest BCUT2D eigenvalue weighted by Gasteiger charge is 2.15. The molecular weight excluding hydrogens is 385 g/mol. The Labute approximate surface area is 171 Å². The highest BCUT2D eigenvalue weighted by atomic mass is 19.1. The lowest BCUT2D eigenvalue weighted by Crippen LogP contribution is -2.26. The summed E-state index contributed by atoms with van der Waals surface area (Å²) in [6.45, 7) is 3.87. The van der Waals surface area contributed by atoms with Gasteiger partial charge in [0.05, 0.1) is 11.9 Å². The van der Waals surface area contributed by atoms with E-state index in [9.17, 15) is 14.0 Å². The van der Waals surface area contributed by atoms with Crippen molar-refractivity contribution in [1.29, 1.82) is 0 Å². The number of fused-ring (bicyclic) bond motifs is 1. The second-order valence-corrected chi connectivity index (χ2v) is 7.05. The van der Waals surface area contributed by atoms with Crippen LogP contribution in [0, 0.1) is 19.7 Å². The Bertz CT molecular complexity index is 1290. The molecular formula is C22H20FN5O2. The zero-order valence-electron chi connectivity index (χ0n) is 16.6. The number of benzene rings is 2. The summed E-state index contributed by atoms with van der Waals surface area (Å²) in [4.78, 5) is 29.7. The summed E-state index contributed by atoms with van der Waals surface area (Å²) in [6, 6.07) is 13.4. The maximum Gasteiger partial charge on any atom is 0.264 e. The van der Waals surface area contributed by atoms with Crippen molar-refractivity contribution < 1.29 is 9.18 Å². The van der Waals surface area contributed by atoms with Crippen molar-refractivity contribution in [2.75, 3.05) is 5.32 Å². The average molecular weight is 405 g/mol. The maximum absolute atomic E-state index is 13.3. The second-order valence-electron chi connectivity index (χ2n) is 7.05. The third-order valence-corrected chi connectivity index (χ3v) is 4.83. The third-order valence-electron chi connectivity index (χ3n) is 4.83. The fraction of sp³-hybridized carbons (Fsp3) is 0.182. The number of carbonyl (C=O) groups is 1. The van der Waals surface area contributed by atoms with E-state index in [0.29, 0.717) is 22.5 Å². The van der Waals surface area contributed by atoms with Gasteiger partial charge in [-0.25, -0.2) is 14.1 Å². The molecule has 0 fully saturated rings. The minimum absolute atomic E-state index is 0.0521. The minimum Gasteiger partial charge on any atom is -0.326 e. The molecule has 0 aliphatic carbocycles. The van der Waals surface area contributed by atoms with E-state index in [2.05, 4.69) is 15.4 Å². The molecule has 0 aliphatic heterocycles. The number of amides is 1. The second kappa shape index (κ2) is 7.90.